The van der Waals surface area contributed by atoms with E-state index in [9.17, 15) is 14.4 Å². The smallest absolute Gasteiger partial charge is 0.257 e. The molecular formula is C23H27NO6. The van der Waals surface area contributed by atoms with Gasteiger partial charge in [0, 0.05) is 30.7 Å². The van der Waals surface area contributed by atoms with Crippen molar-refractivity contribution in [2.75, 3.05) is 34.4 Å². The molecule has 1 aromatic rings. The first-order valence-electron chi connectivity index (χ1n) is 10.0. The molecule has 3 rings (SSSR count). The predicted octanol–water partition coefficient (Wildman–Crippen LogP) is 2.84. The summed E-state index contributed by atoms with van der Waals surface area (Å²) < 4.78 is 15.6. The normalized spacial score (nSPS) is 17.4. The third kappa shape index (κ3) is 3.97. The summed E-state index contributed by atoms with van der Waals surface area (Å²) in [5.74, 6) is -0.525. The highest BCUT2D eigenvalue weighted by Crippen LogP contribution is 2.30. The third-order valence-electron chi connectivity index (χ3n) is 5.61. The molecule has 0 unspecified atom stereocenters. The van der Waals surface area contributed by atoms with Crippen molar-refractivity contribution >= 4 is 17.5 Å². The van der Waals surface area contributed by atoms with Crippen molar-refractivity contribution in [3.05, 3.63) is 52.0 Å². The van der Waals surface area contributed by atoms with Crippen molar-refractivity contribution in [3.8, 4) is 5.75 Å². The van der Waals surface area contributed by atoms with Gasteiger partial charge in [-0.15, -0.1) is 0 Å². The molecule has 0 spiro atoms. The van der Waals surface area contributed by atoms with E-state index in [-0.39, 0.29) is 35.4 Å². The van der Waals surface area contributed by atoms with E-state index in [0.29, 0.717) is 22.5 Å². The Hall–Kier alpha value is -3.09. The monoisotopic (exact) mass is 413 g/mol. The van der Waals surface area contributed by atoms with Crippen LogP contribution in [0.4, 0.5) is 0 Å². The predicted molar refractivity (Wildman–Crippen MR) is 110 cm³/mol. The molecule has 1 aromatic carbocycles. The van der Waals surface area contributed by atoms with Crippen LogP contribution in [0.15, 0.2) is 40.9 Å². The number of ether oxygens (including phenoxy) is 3. The van der Waals surface area contributed by atoms with Gasteiger partial charge in [0.15, 0.2) is 0 Å². The Morgan fingerprint density at radius 1 is 0.933 bits per heavy atom. The van der Waals surface area contributed by atoms with Gasteiger partial charge in [-0.05, 0) is 43.9 Å². The van der Waals surface area contributed by atoms with Gasteiger partial charge in [0.2, 0.25) is 23.1 Å². The fourth-order valence-corrected chi connectivity index (χ4v) is 3.91. The Bertz CT molecular complexity index is 937. The Morgan fingerprint density at radius 3 is 2.17 bits per heavy atom. The fourth-order valence-electron chi connectivity index (χ4n) is 3.91. The number of amides is 1. The quantitative estimate of drug-likeness (QED) is 0.667. The van der Waals surface area contributed by atoms with Crippen molar-refractivity contribution in [1.29, 1.82) is 0 Å². The largest absolute Gasteiger partial charge is 0.496 e. The number of Topliss-reactive ketones (excluding diaryl/α,β-unsaturated/α-hetero) is 2. The Kier molecular flexibility index (Phi) is 6.59. The van der Waals surface area contributed by atoms with Gasteiger partial charge in [-0.25, -0.2) is 0 Å². The van der Waals surface area contributed by atoms with Crippen molar-refractivity contribution < 1.29 is 28.6 Å². The number of hydrogen-bond donors (Lipinski definition) is 0. The van der Waals surface area contributed by atoms with E-state index in [1.54, 1.807) is 25.1 Å². The summed E-state index contributed by atoms with van der Waals surface area (Å²) in [4.78, 5) is 40.4. The first kappa shape index (κ1) is 21.6. The second-order valence-electron chi connectivity index (χ2n) is 7.39. The summed E-state index contributed by atoms with van der Waals surface area (Å²) in [7, 11) is 4.19. The first-order chi connectivity index (χ1) is 14.4. The number of piperidine rings is 1. The van der Waals surface area contributed by atoms with Crippen LogP contribution in [0.2, 0.25) is 0 Å². The molecule has 1 heterocycles. The van der Waals surface area contributed by atoms with E-state index >= 15 is 0 Å². The number of methoxy groups -OCH3 is 3. The van der Waals surface area contributed by atoms with Crippen LogP contribution >= 0.6 is 0 Å². The minimum atomic E-state index is -0.383. The lowest BCUT2D eigenvalue weighted by atomic mass is 9.88. The summed E-state index contributed by atoms with van der Waals surface area (Å²) in [6, 6.07) is 5.27. The fraction of sp³-hybridized carbons (Fsp3) is 0.435. The van der Waals surface area contributed by atoms with Crippen LogP contribution in [0.1, 0.15) is 42.1 Å². The highest BCUT2D eigenvalue weighted by atomic mass is 16.5. The van der Waals surface area contributed by atoms with Crippen LogP contribution in [-0.4, -0.2) is 56.8 Å². The molecule has 0 radical (unpaired) electrons. The summed E-state index contributed by atoms with van der Waals surface area (Å²) in [5.41, 5.74) is 1.85. The summed E-state index contributed by atoms with van der Waals surface area (Å²) in [6.07, 6.45) is 3.31. The number of rotatable bonds is 6. The number of nitrogens with zero attached hydrogens (tertiary/aromatic N) is 1. The zero-order chi connectivity index (χ0) is 21.8. The van der Waals surface area contributed by atoms with Crippen molar-refractivity contribution in [2.45, 2.75) is 32.6 Å². The van der Waals surface area contributed by atoms with Crippen LogP contribution < -0.4 is 4.74 Å². The number of ketones is 2. The number of allylic oxidation sites excluding steroid dienone is 2. The van der Waals surface area contributed by atoms with E-state index in [0.717, 1.165) is 37.9 Å². The maximum absolute atomic E-state index is 13.1. The van der Waals surface area contributed by atoms with Crippen molar-refractivity contribution in [2.24, 2.45) is 0 Å². The lowest BCUT2D eigenvalue weighted by Crippen LogP contribution is -2.35. The van der Waals surface area contributed by atoms with Gasteiger partial charge in [0.1, 0.15) is 5.75 Å². The van der Waals surface area contributed by atoms with E-state index in [2.05, 4.69) is 0 Å². The van der Waals surface area contributed by atoms with Crippen molar-refractivity contribution in [3.63, 3.8) is 0 Å². The molecule has 1 fully saturated rings. The highest BCUT2D eigenvalue weighted by molar-refractivity contribution is 6.23. The van der Waals surface area contributed by atoms with Crippen LogP contribution in [0.5, 0.6) is 5.75 Å². The maximum Gasteiger partial charge on any atom is 0.257 e. The van der Waals surface area contributed by atoms with E-state index in [4.69, 9.17) is 14.2 Å². The second-order valence-corrected chi connectivity index (χ2v) is 7.39. The van der Waals surface area contributed by atoms with Crippen LogP contribution in [0.3, 0.4) is 0 Å². The molecule has 2 aliphatic rings. The van der Waals surface area contributed by atoms with Gasteiger partial charge < -0.3 is 19.1 Å². The van der Waals surface area contributed by atoms with Crippen LogP contribution in [0.25, 0.3) is 0 Å². The zero-order valence-electron chi connectivity index (χ0n) is 17.9. The Morgan fingerprint density at radius 2 is 1.57 bits per heavy atom. The number of likely N-dealkylation sites (tertiary alicyclic amines) is 1. The van der Waals surface area contributed by atoms with Crippen LogP contribution in [0, 0.1) is 0 Å². The second kappa shape index (κ2) is 9.15. The molecule has 30 heavy (non-hydrogen) atoms. The van der Waals surface area contributed by atoms with E-state index in [1.807, 2.05) is 4.90 Å². The van der Waals surface area contributed by atoms with E-state index in [1.165, 1.54) is 21.3 Å². The van der Waals surface area contributed by atoms with Gasteiger partial charge in [0.05, 0.1) is 26.9 Å². The van der Waals surface area contributed by atoms with Gasteiger partial charge in [-0.1, -0.05) is 6.07 Å². The number of hydrogen-bond acceptors (Lipinski definition) is 6. The van der Waals surface area contributed by atoms with Gasteiger partial charge >= 0.3 is 0 Å². The molecule has 7 nitrogen and oxygen atoms in total. The molecule has 0 N–H and O–H groups in total. The summed E-state index contributed by atoms with van der Waals surface area (Å²) in [5, 5.41) is 0. The standard InChI is InChI=1S/C23H27NO6/c1-14-16(20(26)22(30-4)21(29-3)19(14)25)12-15-8-9-18(28-2)17(13-15)23(27)24-10-6-5-7-11-24/h8-9,13H,5-7,10-12H2,1-4H3. The van der Waals surface area contributed by atoms with Crippen LogP contribution in [-0.2, 0) is 25.5 Å². The first-order valence-corrected chi connectivity index (χ1v) is 10.0. The topological polar surface area (TPSA) is 82.1 Å². The molecular weight excluding hydrogens is 386 g/mol. The molecule has 7 heteroatoms. The molecule has 1 aliphatic heterocycles. The summed E-state index contributed by atoms with van der Waals surface area (Å²) in [6.45, 7) is 3.06. The molecule has 0 atom stereocenters. The summed E-state index contributed by atoms with van der Waals surface area (Å²) >= 11 is 0. The third-order valence-corrected chi connectivity index (χ3v) is 5.61. The van der Waals surface area contributed by atoms with Crippen molar-refractivity contribution in [1.82, 2.24) is 4.90 Å². The van der Waals surface area contributed by atoms with Gasteiger partial charge in [0.25, 0.3) is 5.91 Å². The number of carbonyl (C=O) groups excluding carboxylic acids is 3. The van der Waals surface area contributed by atoms with Gasteiger partial charge in [-0.2, -0.15) is 0 Å². The Labute approximate surface area is 176 Å². The highest BCUT2D eigenvalue weighted by Gasteiger charge is 2.34. The number of carbonyl (C=O) groups is 3. The minimum Gasteiger partial charge on any atom is -0.496 e. The van der Waals surface area contributed by atoms with E-state index < -0.39 is 0 Å². The maximum atomic E-state index is 13.1. The molecule has 160 valence electrons. The van der Waals surface area contributed by atoms with Gasteiger partial charge in [-0.3, -0.25) is 14.4 Å². The molecule has 0 bridgehead atoms. The molecule has 1 amide bonds. The molecule has 1 aliphatic carbocycles. The zero-order valence-corrected chi connectivity index (χ0v) is 17.9. The molecule has 0 aromatic heterocycles. The Balaban J connectivity index is 1.93. The average molecular weight is 413 g/mol. The average Bonchev–Trinajstić information content (AvgIpc) is 2.78. The molecule has 1 saturated heterocycles. The minimum absolute atomic E-state index is 0.0794. The number of benzene rings is 1. The molecule has 0 saturated carbocycles. The lowest BCUT2D eigenvalue weighted by Gasteiger charge is -2.27. The lowest BCUT2D eigenvalue weighted by molar-refractivity contribution is -0.121. The SMILES string of the molecule is COC1=C(OC)C(=O)C(Cc2ccc(OC)c(C(=O)N3CCCCC3)c2)=C(C)C1=O.